The van der Waals surface area contributed by atoms with Gasteiger partial charge in [-0.15, -0.1) is 0 Å². The van der Waals surface area contributed by atoms with Crippen LogP contribution < -0.4 is 4.74 Å². The fraction of sp³-hybridized carbons (Fsp3) is 0.350. The third kappa shape index (κ3) is 3.90. The van der Waals surface area contributed by atoms with Gasteiger partial charge in [0.15, 0.2) is 5.69 Å². The van der Waals surface area contributed by atoms with Gasteiger partial charge >= 0.3 is 12.1 Å². The van der Waals surface area contributed by atoms with Crippen molar-refractivity contribution in [2.24, 2.45) is 0 Å². The molecule has 3 aromatic rings. The number of aromatic nitrogens is 2. The van der Waals surface area contributed by atoms with Crippen LogP contribution in [0.4, 0.5) is 13.2 Å². The number of ether oxygens (including phenoxy) is 2. The lowest BCUT2D eigenvalue weighted by molar-refractivity contribution is -0.140. The zero-order valence-corrected chi connectivity index (χ0v) is 16.3. The number of hydrogen-bond acceptors (Lipinski definition) is 6. The van der Waals surface area contributed by atoms with Gasteiger partial charge in [0.25, 0.3) is 0 Å². The first-order valence-electron chi connectivity index (χ1n) is 8.90. The summed E-state index contributed by atoms with van der Waals surface area (Å²) in [6.45, 7) is 5.51. The van der Waals surface area contributed by atoms with E-state index in [0.717, 1.165) is 6.07 Å². The summed E-state index contributed by atoms with van der Waals surface area (Å²) >= 11 is 0. The largest absolute Gasteiger partial charge is 0.494 e. The summed E-state index contributed by atoms with van der Waals surface area (Å²) in [7, 11) is 1.34. The summed E-state index contributed by atoms with van der Waals surface area (Å²) in [4.78, 5) is 20.2. The second-order valence-electron chi connectivity index (χ2n) is 6.51. The second-order valence-corrected chi connectivity index (χ2v) is 6.51. The molecule has 0 aliphatic rings. The molecule has 0 spiro atoms. The van der Waals surface area contributed by atoms with E-state index in [2.05, 4.69) is 9.97 Å². The van der Waals surface area contributed by atoms with E-state index in [0.29, 0.717) is 16.7 Å². The Kier molecular flexibility index (Phi) is 5.50. The molecule has 0 saturated heterocycles. The van der Waals surface area contributed by atoms with Crippen molar-refractivity contribution in [1.29, 1.82) is 0 Å². The Morgan fingerprint density at radius 3 is 2.48 bits per heavy atom. The minimum absolute atomic E-state index is 0.0156. The highest BCUT2D eigenvalue weighted by molar-refractivity contribution is 5.97. The highest BCUT2D eigenvalue weighted by Crippen LogP contribution is 2.37. The van der Waals surface area contributed by atoms with Gasteiger partial charge in [-0.2, -0.15) is 13.2 Å². The molecule has 0 unspecified atom stereocenters. The Hall–Kier alpha value is -3.10. The van der Waals surface area contributed by atoms with Crippen molar-refractivity contribution < 1.29 is 31.9 Å². The van der Waals surface area contributed by atoms with Crippen LogP contribution in [0.2, 0.25) is 0 Å². The van der Waals surface area contributed by atoms with Gasteiger partial charge in [-0.1, -0.05) is 13.8 Å². The van der Waals surface area contributed by atoms with Crippen LogP contribution in [0.15, 0.2) is 28.7 Å². The van der Waals surface area contributed by atoms with Gasteiger partial charge in [-0.3, -0.25) is 0 Å². The Morgan fingerprint density at radius 1 is 1.17 bits per heavy atom. The van der Waals surface area contributed by atoms with Crippen LogP contribution in [-0.2, 0) is 10.9 Å². The van der Waals surface area contributed by atoms with Crippen LogP contribution >= 0.6 is 0 Å². The number of rotatable bonds is 5. The molecule has 0 saturated carbocycles. The zero-order valence-electron chi connectivity index (χ0n) is 16.3. The van der Waals surface area contributed by atoms with Crippen molar-refractivity contribution in [2.75, 3.05) is 13.7 Å². The van der Waals surface area contributed by atoms with E-state index >= 15 is 0 Å². The van der Waals surface area contributed by atoms with Gasteiger partial charge in [0.1, 0.15) is 22.7 Å². The minimum Gasteiger partial charge on any atom is -0.494 e. The van der Waals surface area contributed by atoms with E-state index in [4.69, 9.17) is 13.9 Å². The maximum atomic E-state index is 13.1. The molecule has 0 atom stereocenters. The summed E-state index contributed by atoms with van der Waals surface area (Å²) in [5.74, 6) is -0.180. The first-order valence-corrected chi connectivity index (χ1v) is 8.90. The van der Waals surface area contributed by atoms with Crippen LogP contribution in [0.3, 0.4) is 0 Å². The molecular formula is C20H19F3N2O4. The highest BCUT2D eigenvalue weighted by atomic mass is 19.4. The van der Waals surface area contributed by atoms with Gasteiger partial charge in [-0.25, -0.2) is 14.8 Å². The summed E-state index contributed by atoms with van der Waals surface area (Å²) in [6, 6.07) is 5.24. The molecule has 2 heterocycles. The molecule has 1 aromatic carbocycles. The first kappa shape index (κ1) is 20.6. The third-order valence-electron chi connectivity index (χ3n) is 4.21. The normalized spacial score (nSPS) is 11.9. The highest BCUT2D eigenvalue weighted by Gasteiger charge is 2.33. The van der Waals surface area contributed by atoms with Gasteiger partial charge in [-0.05, 0) is 31.2 Å². The molecule has 0 amide bonds. The second kappa shape index (κ2) is 7.73. The van der Waals surface area contributed by atoms with Gasteiger partial charge in [0.2, 0.25) is 5.89 Å². The number of carbonyl (C=O) groups excluding carboxylic acids is 1. The summed E-state index contributed by atoms with van der Waals surface area (Å²) in [5, 5.41) is 0.351. The Balaban J connectivity index is 2.23. The van der Waals surface area contributed by atoms with E-state index in [-0.39, 0.29) is 35.4 Å². The van der Waals surface area contributed by atoms with Crippen LogP contribution in [0.5, 0.6) is 5.75 Å². The van der Waals surface area contributed by atoms with Crippen LogP contribution in [0.25, 0.3) is 22.4 Å². The minimum atomic E-state index is -4.60. The van der Waals surface area contributed by atoms with Gasteiger partial charge in [0.05, 0.1) is 13.7 Å². The quantitative estimate of drug-likeness (QED) is 0.539. The smallest absolute Gasteiger partial charge is 0.433 e. The van der Waals surface area contributed by atoms with Crippen molar-refractivity contribution in [2.45, 2.75) is 32.9 Å². The molecule has 0 bridgehead atoms. The van der Waals surface area contributed by atoms with E-state index in [1.54, 1.807) is 13.0 Å². The SMILES string of the molecule is CCOC(=O)c1nc(-c2ccc(OC)c3nc(C(F)(F)F)ccc23)oc1C(C)C. The molecule has 0 N–H and O–H groups in total. The van der Waals surface area contributed by atoms with Gasteiger partial charge in [0, 0.05) is 16.9 Å². The lowest BCUT2D eigenvalue weighted by atomic mass is 10.1. The lowest BCUT2D eigenvalue weighted by Crippen LogP contribution is -2.08. The fourth-order valence-corrected chi connectivity index (χ4v) is 2.89. The summed E-state index contributed by atoms with van der Waals surface area (Å²) < 4.78 is 55.3. The number of methoxy groups -OCH3 is 1. The van der Waals surface area contributed by atoms with Crippen LogP contribution in [0.1, 0.15) is 48.6 Å². The van der Waals surface area contributed by atoms with Crippen molar-refractivity contribution in [1.82, 2.24) is 9.97 Å². The lowest BCUT2D eigenvalue weighted by Gasteiger charge is -2.11. The summed E-state index contributed by atoms with van der Waals surface area (Å²) in [5.41, 5.74) is -0.593. The van der Waals surface area contributed by atoms with E-state index in [1.807, 2.05) is 13.8 Å². The van der Waals surface area contributed by atoms with Crippen molar-refractivity contribution in [3.05, 3.63) is 41.4 Å². The van der Waals surface area contributed by atoms with Crippen molar-refractivity contribution in [3.8, 4) is 17.2 Å². The maximum Gasteiger partial charge on any atom is 0.433 e. The molecule has 9 heteroatoms. The number of benzene rings is 1. The average Bonchev–Trinajstić information content (AvgIpc) is 3.11. The molecule has 0 aliphatic carbocycles. The number of oxazole rings is 1. The van der Waals surface area contributed by atoms with E-state index < -0.39 is 17.8 Å². The average molecular weight is 408 g/mol. The first-order chi connectivity index (χ1) is 13.7. The number of carbonyl (C=O) groups is 1. The number of alkyl halides is 3. The number of esters is 1. The monoisotopic (exact) mass is 408 g/mol. The topological polar surface area (TPSA) is 74.5 Å². The predicted molar refractivity (Wildman–Crippen MR) is 98.8 cm³/mol. The third-order valence-corrected chi connectivity index (χ3v) is 4.21. The van der Waals surface area contributed by atoms with Gasteiger partial charge < -0.3 is 13.9 Å². The summed E-state index contributed by atoms with van der Waals surface area (Å²) in [6.07, 6.45) is -4.60. The predicted octanol–water partition coefficient (Wildman–Crippen LogP) is 5.22. The molecule has 0 fully saturated rings. The molecule has 3 rings (SSSR count). The number of nitrogens with zero attached hydrogens (tertiary/aromatic N) is 2. The Morgan fingerprint density at radius 2 is 1.90 bits per heavy atom. The molecular weight excluding hydrogens is 389 g/mol. The van der Waals surface area contributed by atoms with Crippen LogP contribution in [-0.4, -0.2) is 29.7 Å². The molecule has 0 aliphatic heterocycles. The zero-order chi connectivity index (χ0) is 21.3. The molecule has 6 nitrogen and oxygen atoms in total. The standard InChI is InChI=1S/C20H19F3N2O4/c1-5-28-19(26)16-17(10(2)3)29-18(25-16)12-6-8-13(27-4)15-11(12)7-9-14(24-15)20(21,22)23/h6-10H,5H2,1-4H3. The van der Waals surface area contributed by atoms with E-state index in [1.165, 1.54) is 19.2 Å². The number of hydrogen-bond donors (Lipinski definition) is 0. The van der Waals surface area contributed by atoms with E-state index in [9.17, 15) is 18.0 Å². The number of halogens is 3. The molecule has 29 heavy (non-hydrogen) atoms. The fourth-order valence-electron chi connectivity index (χ4n) is 2.89. The molecule has 154 valence electrons. The van der Waals surface area contributed by atoms with Crippen molar-refractivity contribution >= 4 is 16.9 Å². The van der Waals surface area contributed by atoms with Crippen molar-refractivity contribution in [3.63, 3.8) is 0 Å². The maximum absolute atomic E-state index is 13.1. The number of fused-ring (bicyclic) bond motifs is 1. The van der Waals surface area contributed by atoms with Crippen LogP contribution in [0, 0.1) is 0 Å². The Labute approximate surface area is 164 Å². The molecule has 0 radical (unpaired) electrons. The molecule has 2 aromatic heterocycles. The Bertz CT molecular complexity index is 1060. The number of pyridine rings is 1.